The molecule has 8 nitrogen and oxygen atoms in total. The minimum Gasteiger partial charge on any atom is -0.291 e. The summed E-state index contributed by atoms with van der Waals surface area (Å²) in [6, 6.07) is 0. The highest BCUT2D eigenvalue weighted by Gasteiger charge is 2.37. The zero-order chi connectivity index (χ0) is 16.7. The van der Waals surface area contributed by atoms with Crippen LogP contribution in [0.15, 0.2) is 10.7 Å². The van der Waals surface area contributed by atoms with Gasteiger partial charge in [-0.25, -0.2) is 13.4 Å². The third kappa shape index (κ3) is 3.55. The van der Waals surface area contributed by atoms with Crippen molar-refractivity contribution < 1.29 is 18.1 Å². The average molecular weight is 413 g/mol. The first-order valence-corrected chi connectivity index (χ1v) is 9.39. The van der Waals surface area contributed by atoms with Gasteiger partial charge in [0, 0.05) is 45.8 Å². The van der Waals surface area contributed by atoms with Gasteiger partial charge in [-0.05, 0) is 22.9 Å². The summed E-state index contributed by atoms with van der Waals surface area (Å²) in [6.07, 6.45) is 1.33. The maximum absolute atomic E-state index is 12.1. The highest BCUT2D eigenvalue weighted by molar-refractivity contribution is 9.10. The van der Waals surface area contributed by atoms with Gasteiger partial charge in [0.05, 0.1) is 10.7 Å². The number of rotatable bonds is 4. The molecule has 1 amide bonds. The summed E-state index contributed by atoms with van der Waals surface area (Å²) in [7, 11) is 1.45. The molecular weight excluding hydrogens is 402 g/mol. The molecule has 1 fully saturated rings. The smallest absolute Gasteiger partial charge is 0.291 e. The number of amides is 1. The van der Waals surface area contributed by atoms with Crippen LogP contribution < -0.4 is 4.90 Å². The van der Waals surface area contributed by atoms with Crippen molar-refractivity contribution in [3.63, 3.8) is 0 Å². The molecule has 1 aromatic rings. The Hall–Kier alpha value is -1.26. The third-order valence-corrected chi connectivity index (χ3v) is 5.35. The molecule has 2 heterocycles. The first-order valence-electron chi connectivity index (χ1n) is 6.12. The quantitative estimate of drug-likeness (QED) is 0.425. The fraction of sp³-hybridized carbons (Fsp3) is 0.455. The van der Waals surface area contributed by atoms with Crippen LogP contribution in [0, 0.1) is 23.0 Å². The molecule has 1 aromatic heterocycles. The van der Waals surface area contributed by atoms with Crippen LogP contribution in [0.5, 0.6) is 0 Å². The Labute approximate surface area is 139 Å². The summed E-state index contributed by atoms with van der Waals surface area (Å²) >= 11 is 3.16. The number of nitro groups is 1. The summed E-state index contributed by atoms with van der Waals surface area (Å²) < 4.78 is 22.7. The molecule has 0 spiro atoms. The van der Waals surface area contributed by atoms with Gasteiger partial charge in [-0.3, -0.25) is 19.8 Å². The second-order valence-electron chi connectivity index (χ2n) is 4.94. The van der Waals surface area contributed by atoms with Crippen molar-refractivity contribution in [2.75, 3.05) is 17.2 Å². The molecule has 0 bridgehead atoms. The van der Waals surface area contributed by atoms with Crippen molar-refractivity contribution in [3.05, 3.63) is 26.3 Å². The van der Waals surface area contributed by atoms with Gasteiger partial charge >= 0.3 is 5.69 Å². The number of hydrogen-bond acceptors (Lipinski definition) is 6. The lowest BCUT2D eigenvalue weighted by molar-refractivity contribution is -0.384. The third-order valence-electron chi connectivity index (χ3n) is 3.30. The molecule has 0 aliphatic carbocycles. The number of hydrogen-bond donors (Lipinski definition) is 0. The number of pyridine rings is 1. The van der Waals surface area contributed by atoms with Crippen molar-refractivity contribution >= 4 is 53.1 Å². The van der Waals surface area contributed by atoms with Crippen LogP contribution in [0.2, 0.25) is 0 Å². The predicted molar refractivity (Wildman–Crippen MR) is 83.4 cm³/mol. The Morgan fingerprint density at radius 2 is 2.23 bits per heavy atom. The number of halogens is 2. The molecule has 1 saturated heterocycles. The Morgan fingerprint density at radius 3 is 2.77 bits per heavy atom. The predicted octanol–water partition coefficient (Wildman–Crippen LogP) is 1.98. The summed E-state index contributed by atoms with van der Waals surface area (Å²) in [6.45, 7) is 1.56. The number of carbonyl (C=O) groups excluding carboxylic acids is 1. The van der Waals surface area contributed by atoms with Crippen LogP contribution in [-0.2, 0) is 13.8 Å². The molecule has 120 valence electrons. The van der Waals surface area contributed by atoms with Crippen molar-refractivity contribution in [2.24, 2.45) is 5.92 Å². The molecular formula is C11H11BrClN3O5S. The number of anilines is 1. The van der Waals surface area contributed by atoms with E-state index < -0.39 is 25.8 Å². The van der Waals surface area contributed by atoms with E-state index in [0.717, 1.165) is 4.90 Å². The van der Waals surface area contributed by atoms with E-state index in [-0.39, 0.29) is 30.2 Å². The lowest BCUT2D eigenvalue weighted by atomic mass is 10.1. The fourth-order valence-corrected chi connectivity index (χ4v) is 3.96. The minimum absolute atomic E-state index is 0.0275. The molecule has 22 heavy (non-hydrogen) atoms. The number of nitrogens with zero attached hydrogens (tertiary/aromatic N) is 3. The summed E-state index contributed by atoms with van der Waals surface area (Å²) in [5, 5.41) is 11.3. The van der Waals surface area contributed by atoms with Crippen LogP contribution in [-0.4, -0.2) is 36.5 Å². The fourth-order valence-electron chi connectivity index (χ4n) is 2.35. The van der Waals surface area contributed by atoms with Gasteiger partial charge < -0.3 is 0 Å². The lowest BCUT2D eigenvalue weighted by Gasteiger charge is -2.16. The topological polar surface area (TPSA) is 110 Å². The average Bonchev–Trinajstić information content (AvgIpc) is 2.70. The Kier molecular flexibility index (Phi) is 4.73. The molecule has 1 aliphatic rings. The molecule has 1 unspecified atom stereocenters. The second kappa shape index (κ2) is 6.09. The zero-order valence-corrected chi connectivity index (χ0v) is 14.5. The molecule has 0 aromatic carbocycles. The number of aromatic nitrogens is 1. The second-order valence-corrected chi connectivity index (χ2v) is 8.62. The molecule has 2 rings (SSSR count). The van der Waals surface area contributed by atoms with Crippen molar-refractivity contribution in [2.45, 2.75) is 13.3 Å². The molecule has 0 N–H and O–H groups in total. The first-order chi connectivity index (χ1) is 10.1. The monoisotopic (exact) mass is 411 g/mol. The molecule has 1 aliphatic heterocycles. The summed E-state index contributed by atoms with van der Waals surface area (Å²) in [5.74, 6) is -1.37. The first kappa shape index (κ1) is 17.1. The van der Waals surface area contributed by atoms with E-state index in [2.05, 4.69) is 20.9 Å². The van der Waals surface area contributed by atoms with Crippen LogP contribution in [0.4, 0.5) is 11.5 Å². The Bertz CT molecular complexity index is 754. The van der Waals surface area contributed by atoms with E-state index in [9.17, 15) is 23.3 Å². The van der Waals surface area contributed by atoms with E-state index in [4.69, 9.17) is 10.7 Å². The molecule has 0 saturated carbocycles. The van der Waals surface area contributed by atoms with Gasteiger partial charge in [-0.1, -0.05) is 0 Å². The SMILES string of the molecule is Cc1c(Br)cnc(N2CC(CS(=O)(=O)Cl)CC2=O)c1[N+](=O)[O-]. The largest absolute Gasteiger partial charge is 0.316 e. The summed E-state index contributed by atoms with van der Waals surface area (Å²) in [4.78, 5) is 27.8. The van der Waals surface area contributed by atoms with Crippen LogP contribution in [0.3, 0.4) is 0 Å². The standard InChI is InChI=1S/C11H11BrClN3O5S/c1-6-8(12)3-14-11(10(6)16(18)19)15-4-7(2-9(15)17)5-22(13,20)21/h3,7H,2,4-5H2,1H3. The van der Waals surface area contributed by atoms with Gasteiger partial charge in [-0.2, -0.15) is 0 Å². The van der Waals surface area contributed by atoms with E-state index in [1.807, 2.05) is 0 Å². The Balaban J connectivity index is 2.39. The molecule has 11 heteroatoms. The minimum atomic E-state index is -3.75. The van der Waals surface area contributed by atoms with Crippen molar-refractivity contribution in [3.8, 4) is 0 Å². The molecule has 0 radical (unpaired) electrons. The van der Waals surface area contributed by atoms with Gasteiger partial charge in [0.25, 0.3) is 0 Å². The van der Waals surface area contributed by atoms with E-state index in [1.54, 1.807) is 0 Å². The maximum Gasteiger partial charge on any atom is 0.316 e. The Morgan fingerprint density at radius 1 is 1.59 bits per heavy atom. The van der Waals surface area contributed by atoms with Gasteiger partial charge in [0.2, 0.25) is 20.8 Å². The van der Waals surface area contributed by atoms with Crippen LogP contribution in [0.1, 0.15) is 12.0 Å². The van der Waals surface area contributed by atoms with E-state index >= 15 is 0 Å². The zero-order valence-electron chi connectivity index (χ0n) is 11.3. The van der Waals surface area contributed by atoms with Gasteiger partial charge in [0.15, 0.2) is 0 Å². The van der Waals surface area contributed by atoms with Gasteiger partial charge in [0.1, 0.15) is 0 Å². The number of carbonyl (C=O) groups is 1. The summed E-state index contributed by atoms with van der Waals surface area (Å²) in [5.41, 5.74) is 0.0633. The van der Waals surface area contributed by atoms with Crippen molar-refractivity contribution in [1.82, 2.24) is 4.98 Å². The van der Waals surface area contributed by atoms with E-state index in [1.165, 1.54) is 13.1 Å². The molecule has 1 atom stereocenters. The maximum atomic E-state index is 12.1. The van der Waals surface area contributed by atoms with Crippen molar-refractivity contribution in [1.29, 1.82) is 0 Å². The van der Waals surface area contributed by atoms with Crippen LogP contribution >= 0.6 is 26.6 Å². The van der Waals surface area contributed by atoms with E-state index in [0.29, 0.717) is 10.0 Å². The normalized spacial score (nSPS) is 18.8. The highest BCUT2D eigenvalue weighted by Crippen LogP contribution is 2.36. The highest BCUT2D eigenvalue weighted by atomic mass is 79.9. The van der Waals surface area contributed by atoms with Crippen LogP contribution in [0.25, 0.3) is 0 Å². The van der Waals surface area contributed by atoms with Gasteiger partial charge in [-0.15, -0.1) is 0 Å². The lowest BCUT2D eigenvalue weighted by Crippen LogP contribution is -2.27.